The number of nitrogens with one attached hydrogen (secondary N) is 1. The van der Waals surface area contributed by atoms with E-state index in [9.17, 15) is 0 Å². The number of aromatic amines is 1. The fourth-order valence-corrected chi connectivity index (χ4v) is 1.09. The molecule has 0 atom stereocenters. The fourth-order valence-electron chi connectivity index (χ4n) is 0.928. The van der Waals surface area contributed by atoms with E-state index in [-0.39, 0.29) is 0 Å². The van der Waals surface area contributed by atoms with E-state index in [1.165, 1.54) is 0 Å². The summed E-state index contributed by atoms with van der Waals surface area (Å²) in [6.45, 7) is 0. The molecule has 12 heavy (non-hydrogen) atoms. The minimum Gasteiger partial charge on any atom is -0.437 e. The average Bonchev–Trinajstić information content (AvgIpc) is 2.54. The van der Waals surface area contributed by atoms with Crippen LogP contribution >= 0.6 is 12.2 Å². The van der Waals surface area contributed by atoms with Gasteiger partial charge in [0.2, 0.25) is 0 Å². The summed E-state index contributed by atoms with van der Waals surface area (Å²) in [5, 5.41) is 0. The number of aromatic nitrogens is 2. The molecular formula is C8H6N2OS. The molecule has 2 aromatic rings. The average molecular weight is 178 g/mol. The minimum absolute atomic E-state index is 0.371. The lowest BCUT2D eigenvalue weighted by molar-refractivity contribution is 0.541. The Morgan fingerprint density at radius 3 is 2.92 bits per heavy atom. The van der Waals surface area contributed by atoms with Gasteiger partial charge in [-0.15, -0.1) is 0 Å². The van der Waals surface area contributed by atoms with Gasteiger partial charge in [-0.1, -0.05) is 6.07 Å². The minimum atomic E-state index is 0.371. The molecule has 0 amide bonds. The Hall–Kier alpha value is -1.42. The number of hydrogen-bond acceptors (Lipinski definition) is 3. The van der Waals surface area contributed by atoms with Gasteiger partial charge in [-0.3, -0.25) is 4.98 Å². The number of rotatable bonds is 1. The summed E-state index contributed by atoms with van der Waals surface area (Å²) < 4.78 is 4.94. The van der Waals surface area contributed by atoms with Gasteiger partial charge in [-0.25, -0.2) is 0 Å². The van der Waals surface area contributed by atoms with Gasteiger partial charge in [-0.2, -0.15) is 0 Å². The summed E-state index contributed by atoms with van der Waals surface area (Å²) in [5.74, 6) is 0. The molecular weight excluding hydrogens is 172 g/mol. The molecule has 0 saturated carbocycles. The first kappa shape index (κ1) is 7.24. The maximum absolute atomic E-state index is 4.94. The predicted molar refractivity (Wildman–Crippen MR) is 47.1 cm³/mol. The molecule has 0 aromatic carbocycles. The highest BCUT2D eigenvalue weighted by Crippen LogP contribution is 2.12. The molecule has 2 rings (SSSR count). The molecule has 0 aliphatic heterocycles. The first-order valence-corrected chi connectivity index (χ1v) is 3.86. The molecule has 4 heteroatoms. The van der Waals surface area contributed by atoms with Gasteiger partial charge in [0.1, 0.15) is 12.0 Å². The molecule has 2 aromatic heterocycles. The van der Waals surface area contributed by atoms with Gasteiger partial charge in [0.15, 0.2) is 0 Å². The van der Waals surface area contributed by atoms with Crippen molar-refractivity contribution in [1.82, 2.24) is 9.97 Å². The van der Waals surface area contributed by atoms with Crippen LogP contribution in [0.4, 0.5) is 0 Å². The van der Waals surface area contributed by atoms with E-state index in [1.54, 1.807) is 12.5 Å². The van der Waals surface area contributed by atoms with Gasteiger partial charge in [0.05, 0.1) is 5.69 Å². The standard InChI is InChI=1S/C8H6N2OS/c12-8-10-7(5-11-8)6-3-1-2-4-9-6/h1-5H,(H,10,12). The van der Waals surface area contributed by atoms with Crippen molar-refractivity contribution in [2.24, 2.45) is 0 Å². The van der Waals surface area contributed by atoms with Crippen molar-refractivity contribution in [1.29, 1.82) is 0 Å². The van der Waals surface area contributed by atoms with Crippen molar-refractivity contribution in [3.8, 4) is 11.4 Å². The first-order valence-electron chi connectivity index (χ1n) is 3.45. The van der Waals surface area contributed by atoms with Crippen LogP contribution in [0.2, 0.25) is 0 Å². The zero-order valence-corrected chi connectivity index (χ0v) is 6.97. The number of oxazole rings is 1. The van der Waals surface area contributed by atoms with Crippen LogP contribution in [0.25, 0.3) is 11.4 Å². The molecule has 0 fully saturated rings. The third-order valence-electron chi connectivity index (χ3n) is 1.46. The quantitative estimate of drug-likeness (QED) is 0.682. The summed E-state index contributed by atoms with van der Waals surface area (Å²) in [7, 11) is 0. The largest absolute Gasteiger partial charge is 0.437 e. The van der Waals surface area contributed by atoms with E-state index >= 15 is 0 Å². The van der Waals surface area contributed by atoms with Crippen molar-refractivity contribution in [3.05, 3.63) is 35.5 Å². The van der Waals surface area contributed by atoms with Crippen LogP contribution in [0.3, 0.4) is 0 Å². The molecule has 0 bridgehead atoms. The lowest BCUT2D eigenvalue weighted by atomic mass is 10.3. The highest BCUT2D eigenvalue weighted by Gasteiger charge is 1.98. The second-order valence-corrected chi connectivity index (χ2v) is 2.65. The van der Waals surface area contributed by atoms with E-state index in [0.29, 0.717) is 4.84 Å². The molecule has 0 radical (unpaired) electrons. The van der Waals surface area contributed by atoms with Gasteiger partial charge >= 0.3 is 0 Å². The van der Waals surface area contributed by atoms with Crippen molar-refractivity contribution >= 4 is 12.2 Å². The molecule has 0 spiro atoms. The van der Waals surface area contributed by atoms with Gasteiger partial charge in [0, 0.05) is 6.20 Å². The summed E-state index contributed by atoms with van der Waals surface area (Å²) in [6, 6.07) is 5.65. The van der Waals surface area contributed by atoms with Crippen molar-refractivity contribution in [3.63, 3.8) is 0 Å². The number of hydrogen-bond donors (Lipinski definition) is 1. The maximum Gasteiger partial charge on any atom is 0.266 e. The second-order valence-electron chi connectivity index (χ2n) is 2.28. The van der Waals surface area contributed by atoms with E-state index in [1.807, 2.05) is 18.2 Å². The third kappa shape index (κ3) is 1.29. The van der Waals surface area contributed by atoms with Crippen LogP contribution in [0.5, 0.6) is 0 Å². The Kier molecular flexibility index (Phi) is 1.75. The SMILES string of the molecule is S=c1[nH]c(-c2ccccn2)co1. The Morgan fingerprint density at radius 1 is 1.42 bits per heavy atom. The lowest BCUT2D eigenvalue weighted by Gasteiger charge is -1.91. The predicted octanol–water partition coefficient (Wildman–Crippen LogP) is 2.40. The first-order chi connectivity index (χ1) is 5.86. The van der Waals surface area contributed by atoms with Crippen molar-refractivity contribution < 1.29 is 4.42 Å². The normalized spacial score (nSPS) is 10.0. The van der Waals surface area contributed by atoms with Crippen LogP contribution in [-0.2, 0) is 0 Å². The Balaban J connectivity index is 2.51. The number of nitrogens with zero attached hydrogens (tertiary/aromatic N) is 1. The van der Waals surface area contributed by atoms with Crippen LogP contribution in [0.15, 0.2) is 35.1 Å². The van der Waals surface area contributed by atoms with E-state index in [0.717, 1.165) is 11.4 Å². The van der Waals surface area contributed by atoms with Crippen LogP contribution in [0.1, 0.15) is 0 Å². The summed E-state index contributed by atoms with van der Waals surface area (Å²) in [6.07, 6.45) is 3.28. The fraction of sp³-hybridized carbons (Fsp3) is 0. The van der Waals surface area contributed by atoms with Crippen LogP contribution < -0.4 is 0 Å². The van der Waals surface area contributed by atoms with E-state index in [2.05, 4.69) is 9.97 Å². The smallest absolute Gasteiger partial charge is 0.266 e. The number of pyridine rings is 1. The Bertz CT molecular complexity index is 418. The van der Waals surface area contributed by atoms with E-state index in [4.69, 9.17) is 16.6 Å². The van der Waals surface area contributed by atoms with Gasteiger partial charge in [0.25, 0.3) is 4.84 Å². The monoisotopic (exact) mass is 178 g/mol. The van der Waals surface area contributed by atoms with Crippen molar-refractivity contribution in [2.45, 2.75) is 0 Å². The molecule has 0 aliphatic rings. The topological polar surface area (TPSA) is 41.8 Å². The molecule has 60 valence electrons. The Morgan fingerprint density at radius 2 is 2.33 bits per heavy atom. The third-order valence-corrected chi connectivity index (χ3v) is 1.66. The molecule has 2 heterocycles. The van der Waals surface area contributed by atoms with Gasteiger partial charge < -0.3 is 9.40 Å². The molecule has 3 nitrogen and oxygen atoms in total. The lowest BCUT2D eigenvalue weighted by Crippen LogP contribution is -1.80. The highest BCUT2D eigenvalue weighted by molar-refractivity contribution is 7.71. The van der Waals surface area contributed by atoms with E-state index < -0.39 is 0 Å². The second kappa shape index (κ2) is 2.91. The summed E-state index contributed by atoms with van der Waals surface area (Å²) in [5.41, 5.74) is 1.64. The Labute approximate surface area is 74.1 Å². The molecule has 0 saturated heterocycles. The molecule has 0 aliphatic carbocycles. The summed E-state index contributed by atoms with van der Waals surface area (Å²) >= 11 is 4.78. The van der Waals surface area contributed by atoms with Crippen molar-refractivity contribution in [2.75, 3.05) is 0 Å². The van der Waals surface area contributed by atoms with Crippen LogP contribution in [-0.4, -0.2) is 9.97 Å². The zero-order valence-electron chi connectivity index (χ0n) is 6.15. The summed E-state index contributed by atoms with van der Waals surface area (Å²) in [4.78, 5) is 7.37. The molecule has 0 unspecified atom stereocenters. The highest BCUT2D eigenvalue weighted by atomic mass is 32.1. The zero-order chi connectivity index (χ0) is 8.39. The number of H-pyrrole nitrogens is 1. The molecule has 1 N–H and O–H groups in total. The van der Waals surface area contributed by atoms with Crippen LogP contribution in [0, 0.1) is 4.84 Å². The maximum atomic E-state index is 4.94. The van der Waals surface area contributed by atoms with Gasteiger partial charge in [-0.05, 0) is 24.4 Å².